The lowest BCUT2D eigenvalue weighted by Crippen LogP contribution is -2.42. The third-order valence-corrected chi connectivity index (χ3v) is 3.69. The summed E-state index contributed by atoms with van der Waals surface area (Å²) in [7, 11) is 0. The highest BCUT2D eigenvalue weighted by Crippen LogP contribution is 2.24. The molecular formula is C12H14BrIN2O3. The molecule has 0 aliphatic heterocycles. The summed E-state index contributed by atoms with van der Waals surface area (Å²) in [5.41, 5.74) is 0.596. The van der Waals surface area contributed by atoms with E-state index >= 15 is 0 Å². The average molecular weight is 441 g/mol. The van der Waals surface area contributed by atoms with Gasteiger partial charge < -0.3 is 15.7 Å². The molecule has 0 spiro atoms. The Hall–Kier alpha value is -0.830. The van der Waals surface area contributed by atoms with E-state index in [1.54, 1.807) is 6.07 Å². The molecular weight excluding hydrogens is 427 g/mol. The SMILES string of the molecule is CCCC(NC(=O)Nc1ccc(I)cc1Br)C(=O)O. The number of amides is 2. The molecule has 0 aliphatic carbocycles. The van der Waals surface area contributed by atoms with Gasteiger partial charge in [0.1, 0.15) is 6.04 Å². The predicted octanol–water partition coefficient (Wildman–Crippen LogP) is 3.43. The number of benzene rings is 1. The standard InChI is InChI=1S/C12H14BrIN2O3/c1-2-3-10(11(17)18)16-12(19)15-9-5-4-7(14)6-8(9)13/h4-6,10H,2-3H2,1H3,(H,17,18)(H2,15,16,19). The number of rotatable bonds is 5. The number of urea groups is 1. The molecule has 1 unspecified atom stereocenters. The van der Waals surface area contributed by atoms with Gasteiger partial charge in [0.2, 0.25) is 0 Å². The minimum atomic E-state index is -1.03. The molecule has 0 heterocycles. The molecule has 7 heteroatoms. The maximum Gasteiger partial charge on any atom is 0.326 e. The summed E-state index contributed by atoms with van der Waals surface area (Å²) in [4.78, 5) is 22.7. The van der Waals surface area contributed by atoms with Crippen molar-refractivity contribution in [3.8, 4) is 0 Å². The molecule has 19 heavy (non-hydrogen) atoms. The third-order valence-electron chi connectivity index (χ3n) is 2.36. The number of carboxylic acid groups (broad SMARTS) is 1. The van der Waals surface area contributed by atoms with Crippen LogP contribution < -0.4 is 10.6 Å². The van der Waals surface area contributed by atoms with Gasteiger partial charge in [-0.1, -0.05) is 13.3 Å². The summed E-state index contributed by atoms with van der Waals surface area (Å²) in [6, 6.07) is 4.06. The minimum absolute atomic E-state index is 0.399. The molecule has 1 rings (SSSR count). The Morgan fingerprint density at radius 3 is 2.68 bits per heavy atom. The van der Waals surface area contributed by atoms with Crippen molar-refractivity contribution >= 4 is 56.2 Å². The molecule has 1 aromatic rings. The van der Waals surface area contributed by atoms with Crippen LogP contribution in [0.2, 0.25) is 0 Å². The van der Waals surface area contributed by atoms with Crippen LogP contribution in [0.25, 0.3) is 0 Å². The first-order valence-corrected chi connectivity index (χ1v) is 7.56. The van der Waals surface area contributed by atoms with Crippen LogP contribution in [0.4, 0.5) is 10.5 Å². The summed E-state index contributed by atoms with van der Waals surface area (Å²) < 4.78 is 1.78. The van der Waals surface area contributed by atoms with E-state index in [1.807, 2.05) is 19.1 Å². The van der Waals surface area contributed by atoms with Crippen LogP contribution in [-0.2, 0) is 4.79 Å². The monoisotopic (exact) mass is 440 g/mol. The number of hydrogen-bond acceptors (Lipinski definition) is 2. The van der Waals surface area contributed by atoms with E-state index in [-0.39, 0.29) is 0 Å². The lowest BCUT2D eigenvalue weighted by molar-refractivity contribution is -0.139. The first-order valence-electron chi connectivity index (χ1n) is 5.69. The van der Waals surface area contributed by atoms with E-state index in [4.69, 9.17) is 5.11 Å². The van der Waals surface area contributed by atoms with E-state index in [2.05, 4.69) is 49.2 Å². The summed E-state index contributed by atoms with van der Waals surface area (Å²) in [5.74, 6) is -1.03. The number of halogens is 2. The second-order valence-electron chi connectivity index (χ2n) is 3.90. The van der Waals surface area contributed by atoms with Crippen LogP contribution in [0, 0.1) is 3.57 Å². The number of carbonyl (C=O) groups excluding carboxylic acids is 1. The highest BCUT2D eigenvalue weighted by molar-refractivity contribution is 14.1. The topological polar surface area (TPSA) is 78.4 Å². The zero-order chi connectivity index (χ0) is 14.4. The largest absolute Gasteiger partial charge is 0.480 e. The Bertz CT molecular complexity index is 482. The molecule has 0 aromatic heterocycles. The fourth-order valence-electron chi connectivity index (χ4n) is 1.45. The maximum atomic E-state index is 11.7. The van der Waals surface area contributed by atoms with Crippen LogP contribution in [0.15, 0.2) is 22.7 Å². The first kappa shape index (κ1) is 16.2. The van der Waals surface area contributed by atoms with Gasteiger partial charge in [0, 0.05) is 8.04 Å². The van der Waals surface area contributed by atoms with Crippen molar-refractivity contribution in [1.82, 2.24) is 5.32 Å². The van der Waals surface area contributed by atoms with Gasteiger partial charge in [0.15, 0.2) is 0 Å². The lowest BCUT2D eigenvalue weighted by atomic mass is 10.2. The molecule has 0 saturated carbocycles. The number of nitrogens with one attached hydrogen (secondary N) is 2. The minimum Gasteiger partial charge on any atom is -0.480 e. The molecule has 0 aliphatic rings. The molecule has 0 saturated heterocycles. The Kier molecular flexibility index (Phi) is 6.56. The maximum absolute atomic E-state index is 11.7. The van der Waals surface area contributed by atoms with Crippen LogP contribution in [0.3, 0.4) is 0 Å². The van der Waals surface area contributed by atoms with E-state index in [1.165, 1.54) is 0 Å². The average Bonchev–Trinajstić information content (AvgIpc) is 2.32. The molecule has 3 N–H and O–H groups in total. The van der Waals surface area contributed by atoms with Crippen molar-refractivity contribution in [2.75, 3.05) is 5.32 Å². The van der Waals surface area contributed by atoms with Gasteiger partial charge in [-0.25, -0.2) is 9.59 Å². The normalized spacial score (nSPS) is 11.7. The highest BCUT2D eigenvalue weighted by Gasteiger charge is 2.18. The molecule has 1 aromatic carbocycles. The van der Waals surface area contributed by atoms with Gasteiger partial charge in [-0.2, -0.15) is 0 Å². The Balaban J connectivity index is 2.66. The van der Waals surface area contributed by atoms with E-state index < -0.39 is 18.0 Å². The lowest BCUT2D eigenvalue weighted by Gasteiger charge is -2.15. The van der Waals surface area contributed by atoms with Crippen molar-refractivity contribution in [1.29, 1.82) is 0 Å². The molecule has 0 fully saturated rings. The first-order chi connectivity index (χ1) is 8.93. The van der Waals surface area contributed by atoms with Crippen molar-refractivity contribution in [2.45, 2.75) is 25.8 Å². The fourth-order valence-corrected chi connectivity index (χ4v) is 2.85. The van der Waals surface area contributed by atoms with Crippen molar-refractivity contribution < 1.29 is 14.7 Å². The van der Waals surface area contributed by atoms with Crippen LogP contribution >= 0.6 is 38.5 Å². The number of carboxylic acids is 1. The quantitative estimate of drug-likeness (QED) is 0.614. The smallest absolute Gasteiger partial charge is 0.326 e. The van der Waals surface area contributed by atoms with Crippen LogP contribution in [0.5, 0.6) is 0 Å². The Morgan fingerprint density at radius 1 is 1.47 bits per heavy atom. The van der Waals surface area contributed by atoms with Gasteiger partial charge >= 0.3 is 12.0 Å². The summed E-state index contributed by atoms with van der Waals surface area (Å²) in [6.07, 6.45) is 1.08. The molecule has 0 bridgehead atoms. The van der Waals surface area contributed by atoms with Crippen LogP contribution in [0.1, 0.15) is 19.8 Å². The van der Waals surface area contributed by atoms with Gasteiger partial charge in [0.05, 0.1) is 5.69 Å². The third kappa shape index (κ3) is 5.35. The number of anilines is 1. The second-order valence-corrected chi connectivity index (χ2v) is 6.00. The van der Waals surface area contributed by atoms with E-state index in [0.717, 1.165) is 8.04 Å². The summed E-state index contributed by atoms with van der Waals surface area (Å²) >= 11 is 5.50. The molecule has 1 atom stereocenters. The molecule has 104 valence electrons. The van der Waals surface area contributed by atoms with E-state index in [0.29, 0.717) is 18.5 Å². The van der Waals surface area contributed by atoms with E-state index in [9.17, 15) is 9.59 Å². The summed E-state index contributed by atoms with van der Waals surface area (Å²) in [6.45, 7) is 1.87. The number of carbonyl (C=O) groups is 2. The highest BCUT2D eigenvalue weighted by atomic mass is 127. The van der Waals surface area contributed by atoms with Gasteiger partial charge in [0.25, 0.3) is 0 Å². The van der Waals surface area contributed by atoms with Gasteiger partial charge in [-0.3, -0.25) is 0 Å². The Labute approximate surface area is 133 Å². The molecule has 5 nitrogen and oxygen atoms in total. The fraction of sp³-hybridized carbons (Fsp3) is 0.333. The number of hydrogen-bond donors (Lipinski definition) is 3. The number of aliphatic carboxylic acids is 1. The zero-order valence-electron chi connectivity index (χ0n) is 10.2. The predicted molar refractivity (Wildman–Crippen MR) is 85.3 cm³/mol. The van der Waals surface area contributed by atoms with Crippen molar-refractivity contribution in [3.63, 3.8) is 0 Å². The van der Waals surface area contributed by atoms with Crippen LogP contribution in [-0.4, -0.2) is 23.1 Å². The van der Waals surface area contributed by atoms with Gasteiger partial charge in [-0.05, 0) is 63.1 Å². The molecule has 0 radical (unpaired) electrons. The zero-order valence-corrected chi connectivity index (χ0v) is 14.0. The van der Waals surface area contributed by atoms with Crippen molar-refractivity contribution in [3.05, 3.63) is 26.2 Å². The van der Waals surface area contributed by atoms with Crippen molar-refractivity contribution in [2.24, 2.45) is 0 Å². The second kappa shape index (κ2) is 7.68. The molecule has 2 amide bonds. The van der Waals surface area contributed by atoms with Gasteiger partial charge in [-0.15, -0.1) is 0 Å². The Morgan fingerprint density at radius 2 is 2.16 bits per heavy atom. The summed E-state index contributed by atoms with van der Waals surface area (Å²) in [5, 5.41) is 14.0.